The molecule has 0 saturated heterocycles. The Labute approximate surface area is 185 Å². The Morgan fingerprint density at radius 3 is 2.58 bits per heavy atom. The minimum absolute atomic E-state index is 0.0647. The average molecular weight is 445 g/mol. The Bertz CT molecular complexity index is 1560. The van der Waals surface area contributed by atoms with Crippen LogP contribution in [0.2, 0.25) is 5.02 Å². The first-order valence-corrected chi connectivity index (χ1v) is 10.8. The largest absolute Gasteiger partial charge is 0.450 e. The van der Waals surface area contributed by atoms with Crippen LogP contribution in [0.25, 0.3) is 21.2 Å². The van der Waals surface area contributed by atoms with Crippen LogP contribution in [0.3, 0.4) is 0 Å². The number of hydrogen-bond acceptors (Lipinski definition) is 5. The highest BCUT2D eigenvalue weighted by molar-refractivity contribution is 7.22. The van der Waals surface area contributed by atoms with Crippen LogP contribution in [0.1, 0.15) is 27.7 Å². The molecule has 5 nitrogen and oxygen atoms in total. The Hall–Kier alpha value is -3.48. The summed E-state index contributed by atoms with van der Waals surface area (Å²) in [4.78, 5) is 33.2. The number of benzene rings is 3. The summed E-state index contributed by atoms with van der Waals surface area (Å²) in [5.74, 6) is -0.313. The summed E-state index contributed by atoms with van der Waals surface area (Å²) in [5, 5.41) is 1.54. The van der Waals surface area contributed by atoms with Crippen molar-refractivity contribution in [1.29, 1.82) is 0 Å². The minimum atomic E-state index is -0.624. The normalized spacial score (nSPS) is 15.7. The second-order valence-corrected chi connectivity index (χ2v) is 8.71. The van der Waals surface area contributed by atoms with Gasteiger partial charge >= 0.3 is 0 Å². The van der Waals surface area contributed by atoms with E-state index in [9.17, 15) is 9.59 Å². The van der Waals surface area contributed by atoms with Gasteiger partial charge < -0.3 is 4.42 Å². The molecule has 0 bridgehead atoms. The summed E-state index contributed by atoms with van der Waals surface area (Å²) < 4.78 is 6.82. The van der Waals surface area contributed by atoms with Gasteiger partial charge in [0.05, 0.1) is 27.2 Å². The lowest BCUT2D eigenvalue weighted by Crippen LogP contribution is -2.29. The third-order valence-corrected chi connectivity index (χ3v) is 6.69. The lowest BCUT2D eigenvalue weighted by Gasteiger charge is -2.22. The minimum Gasteiger partial charge on any atom is -0.450 e. The highest BCUT2D eigenvalue weighted by Gasteiger charge is 2.44. The van der Waals surface area contributed by atoms with Crippen molar-refractivity contribution >= 4 is 55.2 Å². The van der Waals surface area contributed by atoms with Gasteiger partial charge in [-0.15, -0.1) is 0 Å². The predicted octanol–water partition coefficient (Wildman–Crippen LogP) is 5.81. The number of amides is 1. The van der Waals surface area contributed by atoms with Crippen molar-refractivity contribution in [3.63, 3.8) is 0 Å². The van der Waals surface area contributed by atoms with Crippen molar-refractivity contribution in [2.24, 2.45) is 0 Å². The van der Waals surface area contributed by atoms with Crippen LogP contribution >= 0.6 is 22.9 Å². The SMILES string of the molecule is O=C1c2oc3ccccc3c(=O)c2[C@H](c2ccccc2)N1c1nc2ccc(Cl)cc2s1. The van der Waals surface area contributed by atoms with E-state index in [-0.39, 0.29) is 17.1 Å². The van der Waals surface area contributed by atoms with E-state index in [2.05, 4.69) is 4.98 Å². The fourth-order valence-corrected chi connectivity index (χ4v) is 5.33. The van der Waals surface area contributed by atoms with E-state index in [4.69, 9.17) is 16.0 Å². The van der Waals surface area contributed by atoms with Crippen LogP contribution in [0.4, 0.5) is 5.13 Å². The Balaban J connectivity index is 1.64. The first kappa shape index (κ1) is 18.3. The highest BCUT2D eigenvalue weighted by Crippen LogP contribution is 2.43. The van der Waals surface area contributed by atoms with E-state index < -0.39 is 6.04 Å². The number of carbonyl (C=O) groups is 1. The van der Waals surface area contributed by atoms with Crippen LogP contribution in [0, 0.1) is 0 Å². The van der Waals surface area contributed by atoms with E-state index in [1.54, 1.807) is 35.2 Å². The number of nitrogens with zero attached hydrogens (tertiary/aromatic N) is 2. The van der Waals surface area contributed by atoms with Crippen LogP contribution in [0.5, 0.6) is 0 Å². The van der Waals surface area contributed by atoms with Gasteiger partial charge in [0, 0.05) is 5.02 Å². The second-order valence-electron chi connectivity index (χ2n) is 7.27. The van der Waals surface area contributed by atoms with E-state index in [0.717, 1.165) is 15.8 Å². The highest BCUT2D eigenvalue weighted by atomic mass is 35.5. The molecule has 0 aliphatic carbocycles. The fraction of sp³-hybridized carbons (Fsp3) is 0.0417. The number of para-hydroxylation sites is 1. The summed E-state index contributed by atoms with van der Waals surface area (Å²) in [7, 11) is 0. The first-order chi connectivity index (χ1) is 15.1. The summed E-state index contributed by atoms with van der Waals surface area (Å²) in [6.07, 6.45) is 0. The van der Waals surface area contributed by atoms with Crippen molar-refractivity contribution in [3.8, 4) is 0 Å². The lowest BCUT2D eigenvalue weighted by atomic mass is 9.99. The molecule has 0 saturated carbocycles. The summed E-state index contributed by atoms with van der Waals surface area (Å²) >= 11 is 7.49. The number of thiazole rings is 1. The van der Waals surface area contributed by atoms with Crippen molar-refractivity contribution in [2.45, 2.75) is 6.04 Å². The smallest absolute Gasteiger partial charge is 0.297 e. The standard InChI is InChI=1S/C24H13ClN2O3S/c25-14-10-11-16-18(12-14)31-24(26-16)27-20(13-6-2-1-3-7-13)19-21(28)15-8-4-5-9-17(15)30-22(19)23(27)29/h1-12,20H/t20-/m0/s1. The Kier molecular flexibility index (Phi) is 4.00. The molecule has 0 fully saturated rings. The number of halogens is 1. The fourth-order valence-electron chi connectivity index (χ4n) is 4.06. The first-order valence-electron chi connectivity index (χ1n) is 9.62. The molecule has 0 radical (unpaired) electrons. The third kappa shape index (κ3) is 2.72. The van der Waals surface area contributed by atoms with E-state index in [0.29, 0.717) is 26.7 Å². The Morgan fingerprint density at radius 1 is 0.968 bits per heavy atom. The van der Waals surface area contributed by atoms with E-state index >= 15 is 0 Å². The van der Waals surface area contributed by atoms with Gasteiger partial charge in [-0.2, -0.15) is 0 Å². The van der Waals surface area contributed by atoms with Gasteiger partial charge in [0.2, 0.25) is 5.76 Å². The Morgan fingerprint density at radius 2 is 1.74 bits per heavy atom. The zero-order valence-electron chi connectivity index (χ0n) is 15.9. The number of anilines is 1. The molecule has 3 heterocycles. The van der Waals surface area contributed by atoms with Crippen molar-refractivity contribution in [1.82, 2.24) is 4.98 Å². The monoisotopic (exact) mass is 444 g/mol. The molecule has 0 unspecified atom stereocenters. The number of hydrogen-bond donors (Lipinski definition) is 0. The van der Waals surface area contributed by atoms with Crippen molar-refractivity contribution in [3.05, 3.63) is 105 Å². The maximum atomic E-state index is 13.6. The maximum Gasteiger partial charge on any atom is 0.297 e. The van der Waals surface area contributed by atoms with Gasteiger partial charge in [0.1, 0.15) is 5.58 Å². The molecule has 0 spiro atoms. The molecule has 3 aromatic carbocycles. The van der Waals surface area contributed by atoms with Crippen molar-refractivity contribution < 1.29 is 9.21 Å². The molecule has 1 aliphatic heterocycles. The van der Waals surface area contributed by atoms with Gasteiger partial charge in [0.15, 0.2) is 10.6 Å². The molecule has 150 valence electrons. The zero-order chi connectivity index (χ0) is 21.1. The molecule has 1 atom stereocenters. The van der Waals surface area contributed by atoms with Crippen LogP contribution in [0.15, 0.2) is 82.0 Å². The van der Waals surface area contributed by atoms with Crippen LogP contribution in [-0.2, 0) is 0 Å². The maximum absolute atomic E-state index is 13.6. The molecule has 2 aromatic heterocycles. The van der Waals surface area contributed by atoms with Crippen LogP contribution < -0.4 is 10.3 Å². The molecule has 6 rings (SSSR count). The van der Waals surface area contributed by atoms with Gasteiger partial charge in [0.25, 0.3) is 5.91 Å². The van der Waals surface area contributed by atoms with E-state index in [1.807, 2.05) is 42.5 Å². The molecule has 5 aromatic rings. The van der Waals surface area contributed by atoms with Gasteiger partial charge in [-0.25, -0.2) is 4.98 Å². The molecule has 7 heteroatoms. The average Bonchev–Trinajstić information content (AvgIpc) is 3.33. The molecule has 1 aliphatic rings. The quantitative estimate of drug-likeness (QED) is 0.345. The summed E-state index contributed by atoms with van der Waals surface area (Å²) in [5.41, 5.74) is 2.08. The summed E-state index contributed by atoms with van der Waals surface area (Å²) in [6.45, 7) is 0. The van der Waals surface area contributed by atoms with E-state index in [1.165, 1.54) is 11.3 Å². The lowest BCUT2D eigenvalue weighted by molar-refractivity contribution is 0.0971. The number of rotatable bonds is 2. The van der Waals surface area contributed by atoms with Gasteiger partial charge in [-0.1, -0.05) is 65.4 Å². The predicted molar refractivity (Wildman–Crippen MR) is 122 cm³/mol. The number of carbonyl (C=O) groups excluding carboxylic acids is 1. The topological polar surface area (TPSA) is 63.4 Å². The van der Waals surface area contributed by atoms with Crippen molar-refractivity contribution in [2.75, 3.05) is 4.90 Å². The zero-order valence-corrected chi connectivity index (χ0v) is 17.5. The molecule has 0 N–H and O–H groups in total. The number of fused-ring (bicyclic) bond motifs is 3. The molecular formula is C24H13ClN2O3S. The molecule has 1 amide bonds. The molecular weight excluding hydrogens is 432 g/mol. The van der Waals surface area contributed by atoms with Crippen LogP contribution in [-0.4, -0.2) is 10.9 Å². The van der Waals surface area contributed by atoms with Gasteiger partial charge in [-0.3, -0.25) is 14.5 Å². The second kappa shape index (κ2) is 6.77. The molecule has 31 heavy (non-hydrogen) atoms. The third-order valence-electron chi connectivity index (χ3n) is 5.44. The summed E-state index contributed by atoms with van der Waals surface area (Å²) in [6, 6.07) is 21.2. The number of aromatic nitrogens is 1. The van der Waals surface area contributed by atoms with Gasteiger partial charge in [-0.05, 0) is 35.9 Å².